The second kappa shape index (κ2) is 6.44. The predicted molar refractivity (Wildman–Crippen MR) is 78.5 cm³/mol. The Morgan fingerprint density at radius 2 is 1.90 bits per heavy atom. The Morgan fingerprint density at radius 3 is 2.60 bits per heavy atom. The van der Waals surface area contributed by atoms with Crippen LogP contribution < -0.4 is 9.47 Å². The van der Waals surface area contributed by atoms with Crippen molar-refractivity contribution in [3.05, 3.63) is 58.6 Å². The zero-order valence-electron chi connectivity index (χ0n) is 11.4. The van der Waals surface area contributed by atoms with Crippen molar-refractivity contribution in [2.24, 2.45) is 0 Å². The highest BCUT2D eigenvalue weighted by Gasteiger charge is 2.12. The molecule has 0 bridgehead atoms. The van der Waals surface area contributed by atoms with Crippen molar-refractivity contribution in [2.45, 2.75) is 13.3 Å². The topological polar surface area (TPSA) is 35.5 Å². The normalized spacial score (nSPS) is 10.2. The van der Waals surface area contributed by atoms with Gasteiger partial charge in [0.1, 0.15) is 0 Å². The van der Waals surface area contributed by atoms with Crippen LogP contribution in [0.3, 0.4) is 0 Å². The number of hydrogen-bond donors (Lipinski definition) is 0. The van der Waals surface area contributed by atoms with Crippen molar-refractivity contribution < 1.29 is 14.3 Å². The summed E-state index contributed by atoms with van der Waals surface area (Å²) in [7, 11) is 1.54. The van der Waals surface area contributed by atoms with Gasteiger partial charge in [-0.05, 0) is 36.2 Å². The van der Waals surface area contributed by atoms with Crippen LogP contribution in [-0.2, 0) is 11.2 Å². The van der Waals surface area contributed by atoms with E-state index in [9.17, 15) is 4.79 Å². The quantitative estimate of drug-likeness (QED) is 0.634. The summed E-state index contributed by atoms with van der Waals surface area (Å²) in [5.74, 6) is 0.577. The van der Waals surface area contributed by atoms with Crippen LogP contribution in [0, 0.1) is 6.92 Å². The molecule has 20 heavy (non-hydrogen) atoms. The Morgan fingerprint density at radius 1 is 1.15 bits per heavy atom. The van der Waals surface area contributed by atoms with E-state index >= 15 is 0 Å². The van der Waals surface area contributed by atoms with E-state index in [0.717, 1.165) is 11.1 Å². The van der Waals surface area contributed by atoms with E-state index in [-0.39, 0.29) is 12.4 Å². The fourth-order valence-electron chi connectivity index (χ4n) is 1.82. The highest BCUT2D eigenvalue weighted by atomic mass is 35.5. The van der Waals surface area contributed by atoms with Crippen molar-refractivity contribution in [2.75, 3.05) is 7.11 Å². The molecule has 104 valence electrons. The third-order valence-corrected chi connectivity index (χ3v) is 3.20. The summed E-state index contributed by atoms with van der Waals surface area (Å²) in [4.78, 5) is 12.0. The second-order valence-corrected chi connectivity index (χ2v) is 4.80. The number of benzene rings is 2. The molecular formula is C16H15ClO3. The van der Waals surface area contributed by atoms with Crippen molar-refractivity contribution in [1.29, 1.82) is 0 Å². The number of halogens is 1. The molecule has 0 unspecified atom stereocenters. The monoisotopic (exact) mass is 290 g/mol. The van der Waals surface area contributed by atoms with Crippen molar-refractivity contribution in [1.82, 2.24) is 0 Å². The van der Waals surface area contributed by atoms with Crippen LogP contribution in [0.5, 0.6) is 11.5 Å². The van der Waals surface area contributed by atoms with Crippen LogP contribution in [0.4, 0.5) is 0 Å². The van der Waals surface area contributed by atoms with Gasteiger partial charge in [-0.15, -0.1) is 0 Å². The third-order valence-electron chi connectivity index (χ3n) is 2.84. The molecule has 0 amide bonds. The molecule has 0 aliphatic rings. The number of carbonyl (C=O) groups is 1. The molecule has 0 aromatic heterocycles. The van der Waals surface area contributed by atoms with Crippen LogP contribution in [0.2, 0.25) is 5.02 Å². The summed E-state index contributed by atoms with van der Waals surface area (Å²) in [6.45, 7) is 1.94. The zero-order chi connectivity index (χ0) is 14.5. The van der Waals surface area contributed by atoms with Gasteiger partial charge in [0.05, 0.1) is 13.5 Å². The molecule has 3 nitrogen and oxygen atoms in total. The first kappa shape index (κ1) is 14.4. The zero-order valence-corrected chi connectivity index (χ0v) is 12.1. The number of esters is 1. The number of hydrogen-bond acceptors (Lipinski definition) is 3. The van der Waals surface area contributed by atoms with Crippen LogP contribution in [0.1, 0.15) is 11.1 Å². The van der Waals surface area contributed by atoms with Crippen LogP contribution in [-0.4, -0.2) is 13.1 Å². The van der Waals surface area contributed by atoms with E-state index in [0.29, 0.717) is 16.5 Å². The number of rotatable bonds is 4. The van der Waals surface area contributed by atoms with E-state index in [1.165, 1.54) is 0 Å². The molecule has 0 saturated carbocycles. The van der Waals surface area contributed by atoms with Crippen molar-refractivity contribution in [3.63, 3.8) is 0 Å². The molecule has 0 spiro atoms. The number of methoxy groups -OCH3 is 1. The molecular weight excluding hydrogens is 276 g/mol. The Hall–Kier alpha value is -2.00. The molecule has 0 fully saturated rings. The van der Waals surface area contributed by atoms with Crippen LogP contribution in [0.25, 0.3) is 0 Å². The Kier molecular flexibility index (Phi) is 4.64. The lowest BCUT2D eigenvalue weighted by Gasteiger charge is -2.10. The van der Waals surface area contributed by atoms with Gasteiger partial charge in [0, 0.05) is 5.02 Å². The minimum Gasteiger partial charge on any atom is -0.493 e. The average Bonchev–Trinajstić information content (AvgIpc) is 2.43. The Bertz CT molecular complexity index is 623. The Balaban J connectivity index is 2.11. The van der Waals surface area contributed by atoms with E-state index in [4.69, 9.17) is 21.1 Å². The van der Waals surface area contributed by atoms with Gasteiger partial charge < -0.3 is 9.47 Å². The lowest BCUT2D eigenvalue weighted by molar-refractivity contribution is -0.133. The van der Waals surface area contributed by atoms with E-state index in [2.05, 4.69) is 0 Å². The van der Waals surface area contributed by atoms with Gasteiger partial charge in [-0.2, -0.15) is 0 Å². The van der Waals surface area contributed by atoms with Gasteiger partial charge >= 0.3 is 5.97 Å². The van der Waals surface area contributed by atoms with Gasteiger partial charge in [-0.25, -0.2) is 0 Å². The van der Waals surface area contributed by atoms with E-state index in [1.807, 2.05) is 31.2 Å². The fourth-order valence-corrected chi connectivity index (χ4v) is 2.02. The average molecular weight is 291 g/mol. The Labute approximate surface area is 123 Å². The highest BCUT2D eigenvalue weighted by Crippen LogP contribution is 2.28. The van der Waals surface area contributed by atoms with Crippen molar-refractivity contribution in [3.8, 4) is 11.5 Å². The lowest BCUT2D eigenvalue weighted by atomic mass is 10.1. The lowest BCUT2D eigenvalue weighted by Crippen LogP contribution is -2.12. The maximum absolute atomic E-state index is 12.0. The molecule has 0 aliphatic heterocycles. The van der Waals surface area contributed by atoms with Gasteiger partial charge in [0.15, 0.2) is 11.5 Å². The minimum atomic E-state index is -0.375. The molecule has 0 atom stereocenters. The van der Waals surface area contributed by atoms with Gasteiger partial charge in [0.25, 0.3) is 0 Å². The SMILES string of the molecule is COc1cc(C)ccc1OC(=O)Cc1ccccc1Cl. The minimum absolute atomic E-state index is 0.122. The first-order valence-corrected chi connectivity index (χ1v) is 6.56. The molecule has 0 heterocycles. The summed E-state index contributed by atoms with van der Waals surface area (Å²) in [6.07, 6.45) is 0.122. The first-order valence-electron chi connectivity index (χ1n) is 6.19. The number of aryl methyl sites for hydroxylation is 1. The molecule has 4 heteroatoms. The molecule has 0 N–H and O–H groups in total. The summed E-state index contributed by atoms with van der Waals surface area (Å²) >= 11 is 6.02. The maximum atomic E-state index is 12.0. The highest BCUT2D eigenvalue weighted by molar-refractivity contribution is 6.31. The van der Waals surface area contributed by atoms with E-state index < -0.39 is 0 Å². The van der Waals surface area contributed by atoms with Gasteiger partial charge in [-0.1, -0.05) is 35.9 Å². The fraction of sp³-hybridized carbons (Fsp3) is 0.188. The molecule has 0 radical (unpaired) electrons. The summed E-state index contributed by atoms with van der Waals surface area (Å²) in [5, 5.41) is 0.556. The number of ether oxygens (including phenoxy) is 2. The van der Waals surface area contributed by atoms with E-state index in [1.54, 1.807) is 25.3 Å². The van der Waals surface area contributed by atoms with Crippen molar-refractivity contribution >= 4 is 17.6 Å². The largest absolute Gasteiger partial charge is 0.493 e. The standard InChI is InChI=1S/C16H15ClO3/c1-11-7-8-14(15(9-11)19-2)20-16(18)10-12-5-3-4-6-13(12)17/h3-9H,10H2,1-2H3. The van der Waals surface area contributed by atoms with Crippen LogP contribution >= 0.6 is 11.6 Å². The van der Waals surface area contributed by atoms with Gasteiger partial charge in [-0.3, -0.25) is 4.79 Å². The van der Waals surface area contributed by atoms with Crippen LogP contribution in [0.15, 0.2) is 42.5 Å². The smallest absolute Gasteiger partial charge is 0.315 e. The van der Waals surface area contributed by atoms with Gasteiger partial charge in [0.2, 0.25) is 0 Å². The third kappa shape index (κ3) is 3.52. The number of carbonyl (C=O) groups excluding carboxylic acids is 1. The molecule has 0 aliphatic carbocycles. The molecule has 2 rings (SSSR count). The maximum Gasteiger partial charge on any atom is 0.315 e. The summed E-state index contributed by atoms with van der Waals surface area (Å²) < 4.78 is 10.5. The second-order valence-electron chi connectivity index (χ2n) is 4.40. The predicted octanol–water partition coefficient (Wildman–Crippen LogP) is 3.81. The summed E-state index contributed by atoms with van der Waals surface area (Å²) in [5.41, 5.74) is 1.78. The molecule has 2 aromatic carbocycles. The summed E-state index contributed by atoms with van der Waals surface area (Å²) in [6, 6.07) is 12.6. The molecule has 0 saturated heterocycles. The first-order chi connectivity index (χ1) is 9.60. The molecule has 2 aromatic rings.